The molecule has 3 nitrogen and oxygen atoms in total. The molecule has 0 aromatic rings. The molecule has 3 fully saturated rings. The van der Waals surface area contributed by atoms with Crippen molar-refractivity contribution < 1.29 is 14.3 Å². The molecule has 3 heteroatoms. The van der Waals surface area contributed by atoms with Gasteiger partial charge in [-0.2, -0.15) is 0 Å². The molecular formula is C18H26O3. The summed E-state index contributed by atoms with van der Waals surface area (Å²) in [6.45, 7) is 8.34. The monoisotopic (exact) mass is 290 g/mol. The number of esters is 1. The SMILES string of the molecule is C=C1C[C@H](C[C@@H](C)[C@H]2CCC3C(=O)CC[C@@H](C)C32)OC1=O. The second-order valence-corrected chi connectivity index (χ2v) is 7.46. The van der Waals surface area contributed by atoms with E-state index >= 15 is 0 Å². The maximum absolute atomic E-state index is 12.1. The van der Waals surface area contributed by atoms with E-state index in [9.17, 15) is 9.59 Å². The average molecular weight is 290 g/mol. The van der Waals surface area contributed by atoms with E-state index in [-0.39, 0.29) is 12.1 Å². The zero-order valence-corrected chi connectivity index (χ0v) is 13.1. The third-order valence-corrected chi connectivity index (χ3v) is 6.09. The summed E-state index contributed by atoms with van der Waals surface area (Å²) >= 11 is 0. The largest absolute Gasteiger partial charge is 0.459 e. The van der Waals surface area contributed by atoms with Crippen molar-refractivity contribution in [3.8, 4) is 0 Å². The molecule has 3 aliphatic rings. The van der Waals surface area contributed by atoms with Gasteiger partial charge in [-0.3, -0.25) is 4.79 Å². The fourth-order valence-corrected chi connectivity index (χ4v) is 5.02. The number of carbonyl (C=O) groups excluding carboxylic acids is 2. The van der Waals surface area contributed by atoms with Crippen LogP contribution in [0.25, 0.3) is 0 Å². The van der Waals surface area contributed by atoms with Crippen molar-refractivity contribution >= 4 is 11.8 Å². The van der Waals surface area contributed by atoms with E-state index in [1.807, 2.05) is 0 Å². The number of rotatable bonds is 3. The van der Waals surface area contributed by atoms with E-state index in [4.69, 9.17) is 4.74 Å². The van der Waals surface area contributed by atoms with Gasteiger partial charge in [-0.15, -0.1) is 0 Å². The highest BCUT2D eigenvalue weighted by molar-refractivity contribution is 5.89. The first-order valence-electron chi connectivity index (χ1n) is 8.38. The standard InChI is InChI=1S/C18H26O3/c1-10-4-7-16(19)15-6-5-14(17(10)15)11(2)8-13-9-12(3)18(20)21-13/h10-11,13-15,17H,3-9H2,1-2H3/t10-,11-,13+,14-,15?,17?/m1/s1. The Morgan fingerprint density at radius 2 is 2.05 bits per heavy atom. The van der Waals surface area contributed by atoms with Crippen LogP contribution >= 0.6 is 0 Å². The number of hydrogen-bond acceptors (Lipinski definition) is 3. The molecule has 0 aromatic heterocycles. The van der Waals surface area contributed by atoms with Crippen molar-refractivity contribution in [1.29, 1.82) is 0 Å². The second-order valence-electron chi connectivity index (χ2n) is 7.46. The van der Waals surface area contributed by atoms with Crippen molar-refractivity contribution in [2.24, 2.45) is 29.6 Å². The van der Waals surface area contributed by atoms with Crippen LogP contribution in [0.1, 0.15) is 52.4 Å². The molecule has 0 aromatic carbocycles. The van der Waals surface area contributed by atoms with Gasteiger partial charge in [0.15, 0.2) is 0 Å². The summed E-state index contributed by atoms with van der Waals surface area (Å²) in [7, 11) is 0. The fraction of sp³-hybridized carbons (Fsp3) is 0.778. The van der Waals surface area contributed by atoms with Crippen LogP contribution < -0.4 is 0 Å². The second kappa shape index (κ2) is 5.58. The molecule has 0 N–H and O–H groups in total. The Morgan fingerprint density at radius 3 is 2.71 bits per heavy atom. The first kappa shape index (κ1) is 14.8. The summed E-state index contributed by atoms with van der Waals surface area (Å²) in [5.74, 6) is 2.91. The summed E-state index contributed by atoms with van der Waals surface area (Å²) in [6, 6.07) is 0. The molecule has 2 saturated carbocycles. The third-order valence-electron chi connectivity index (χ3n) is 6.09. The zero-order valence-electron chi connectivity index (χ0n) is 13.1. The Bertz CT molecular complexity index is 451. The van der Waals surface area contributed by atoms with Gasteiger partial charge in [0, 0.05) is 24.3 Å². The highest BCUT2D eigenvalue weighted by atomic mass is 16.5. The number of ether oxygens (including phenoxy) is 1. The minimum absolute atomic E-state index is 0.00801. The third kappa shape index (κ3) is 2.67. The van der Waals surface area contributed by atoms with Gasteiger partial charge in [0.1, 0.15) is 11.9 Å². The average Bonchev–Trinajstić information content (AvgIpc) is 3.00. The summed E-state index contributed by atoms with van der Waals surface area (Å²) in [6.07, 6.45) is 5.67. The van der Waals surface area contributed by atoms with E-state index in [1.54, 1.807) is 0 Å². The lowest BCUT2D eigenvalue weighted by molar-refractivity contribution is -0.139. The highest BCUT2D eigenvalue weighted by Crippen LogP contribution is 2.50. The lowest BCUT2D eigenvalue weighted by atomic mass is 9.67. The van der Waals surface area contributed by atoms with Gasteiger partial charge in [0.05, 0.1) is 0 Å². The Balaban J connectivity index is 1.65. The van der Waals surface area contributed by atoms with Crippen LogP contribution in [-0.4, -0.2) is 17.9 Å². The minimum Gasteiger partial charge on any atom is -0.459 e. The van der Waals surface area contributed by atoms with Gasteiger partial charge in [-0.1, -0.05) is 20.4 Å². The zero-order chi connectivity index (χ0) is 15.1. The maximum Gasteiger partial charge on any atom is 0.333 e. The van der Waals surface area contributed by atoms with Crippen molar-refractivity contribution in [3.05, 3.63) is 12.2 Å². The van der Waals surface area contributed by atoms with Gasteiger partial charge in [0.2, 0.25) is 0 Å². The van der Waals surface area contributed by atoms with E-state index in [2.05, 4.69) is 20.4 Å². The Morgan fingerprint density at radius 1 is 1.29 bits per heavy atom. The normalized spacial score (nSPS) is 41.0. The quantitative estimate of drug-likeness (QED) is 0.590. The lowest BCUT2D eigenvalue weighted by Gasteiger charge is -2.37. The van der Waals surface area contributed by atoms with Crippen LogP contribution in [0, 0.1) is 29.6 Å². The minimum atomic E-state index is -0.224. The first-order valence-corrected chi connectivity index (χ1v) is 8.38. The van der Waals surface area contributed by atoms with Crippen molar-refractivity contribution in [2.45, 2.75) is 58.5 Å². The predicted molar refractivity (Wildman–Crippen MR) is 80.5 cm³/mol. The Kier molecular flexibility index (Phi) is 3.94. The topological polar surface area (TPSA) is 43.4 Å². The molecule has 1 aliphatic heterocycles. The molecule has 2 unspecified atom stereocenters. The lowest BCUT2D eigenvalue weighted by Crippen LogP contribution is -2.35. The van der Waals surface area contributed by atoms with E-state index in [0.29, 0.717) is 47.4 Å². The molecule has 21 heavy (non-hydrogen) atoms. The van der Waals surface area contributed by atoms with Gasteiger partial charge in [-0.05, 0) is 49.4 Å². The highest BCUT2D eigenvalue weighted by Gasteiger charge is 2.47. The Labute approximate surface area is 127 Å². The summed E-state index contributed by atoms with van der Waals surface area (Å²) in [4.78, 5) is 23.6. The van der Waals surface area contributed by atoms with E-state index < -0.39 is 0 Å². The van der Waals surface area contributed by atoms with E-state index in [1.165, 1.54) is 0 Å². The summed E-state index contributed by atoms with van der Waals surface area (Å²) in [5.41, 5.74) is 0.609. The number of carbonyl (C=O) groups is 2. The number of hydrogen-bond donors (Lipinski definition) is 0. The number of Topliss-reactive ketones (excluding diaryl/α,β-unsaturated/α-hetero) is 1. The van der Waals surface area contributed by atoms with Crippen molar-refractivity contribution in [1.82, 2.24) is 0 Å². The number of cyclic esters (lactones) is 1. The first-order chi connectivity index (χ1) is 9.97. The maximum atomic E-state index is 12.1. The molecule has 1 heterocycles. The van der Waals surface area contributed by atoms with E-state index in [0.717, 1.165) is 32.1 Å². The van der Waals surface area contributed by atoms with Crippen molar-refractivity contribution in [3.63, 3.8) is 0 Å². The summed E-state index contributed by atoms with van der Waals surface area (Å²) < 4.78 is 5.38. The smallest absolute Gasteiger partial charge is 0.333 e. The van der Waals surface area contributed by atoms with Crippen LogP contribution in [-0.2, 0) is 14.3 Å². The molecule has 1 saturated heterocycles. The molecule has 0 spiro atoms. The van der Waals surface area contributed by atoms with Crippen LogP contribution in [0.4, 0.5) is 0 Å². The Hall–Kier alpha value is -1.12. The number of fused-ring (bicyclic) bond motifs is 1. The van der Waals surface area contributed by atoms with Crippen LogP contribution in [0.5, 0.6) is 0 Å². The number of ketones is 1. The van der Waals surface area contributed by atoms with Crippen LogP contribution in [0.15, 0.2) is 12.2 Å². The van der Waals surface area contributed by atoms with Gasteiger partial charge in [-0.25, -0.2) is 4.79 Å². The van der Waals surface area contributed by atoms with Crippen molar-refractivity contribution in [2.75, 3.05) is 0 Å². The molecule has 116 valence electrons. The molecular weight excluding hydrogens is 264 g/mol. The van der Waals surface area contributed by atoms with Crippen LogP contribution in [0.2, 0.25) is 0 Å². The molecule has 0 radical (unpaired) electrons. The fourth-order valence-electron chi connectivity index (χ4n) is 5.02. The molecule has 2 aliphatic carbocycles. The molecule has 0 amide bonds. The molecule has 3 rings (SSSR count). The van der Waals surface area contributed by atoms with Gasteiger partial charge < -0.3 is 4.74 Å². The molecule has 0 bridgehead atoms. The van der Waals surface area contributed by atoms with Gasteiger partial charge in [0.25, 0.3) is 0 Å². The van der Waals surface area contributed by atoms with Crippen LogP contribution in [0.3, 0.4) is 0 Å². The molecule has 6 atom stereocenters. The predicted octanol–water partition coefficient (Wildman–Crippen LogP) is 3.53. The van der Waals surface area contributed by atoms with Gasteiger partial charge >= 0.3 is 5.97 Å². The summed E-state index contributed by atoms with van der Waals surface area (Å²) in [5, 5.41) is 0.